The van der Waals surface area contributed by atoms with Crippen molar-refractivity contribution in [1.29, 1.82) is 0 Å². The normalized spacial score (nSPS) is 18.3. The Balaban J connectivity index is 1.65. The van der Waals surface area contributed by atoms with Gasteiger partial charge in [-0.25, -0.2) is 9.97 Å². The summed E-state index contributed by atoms with van der Waals surface area (Å²) in [7, 11) is 0. The third-order valence-electron chi connectivity index (χ3n) is 4.10. The Bertz CT molecular complexity index is 796. The van der Waals surface area contributed by atoms with Gasteiger partial charge in [0.25, 0.3) is 5.56 Å². The van der Waals surface area contributed by atoms with Gasteiger partial charge in [0, 0.05) is 26.1 Å². The van der Waals surface area contributed by atoms with Crippen LogP contribution in [0.25, 0.3) is 11.2 Å². The number of carbonyl (C=O) groups is 2. The van der Waals surface area contributed by atoms with E-state index in [1.807, 2.05) is 0 Å². The van der Waals surface area contributed by atoms with Crippen LogP contribution in [-0.2, 0) is 16.1 Å². The highest BCUT2D eigenvalue weighted by atomic mass is 16.4. The second-order valence-corrected chi connectivity index (χ2v) is 5.61. The number of aryl methyl sites for hydroxylation is 1. The number of H-pyrrole nitrogens is 1. The van der Waals surface area contributed by atoms with E-state index in [2.05, 4.69) is 15.0 Å². The summed E-state index contributed by atoms with van der Waals surface area (Å²) in [4.78, 5) is 47.0. The molecule has 2 N–H and O–H groups in total. The van der Waals surface area contributed by atoms with Crippen molar-refractivity contribution < 1.29 is 14.7 Å². The molecule has 9 nitrogen and oxygen atoms in total. The Hall–Kier alpha value is -2.71. The van der Waals surface area contributed by atoms with Crippen LogP contribution in [0.5, 0.6) is 0 Å². The maximum absolute atomic E-state index is 12.3. The summed E-state index contributed by atoms with van der Waals surface area (Å²) < 4.78 is 1.65. The number of aromatic amines is 1. The number of aliphatic carboxylic acids is 1. The van der Waals surface area contributed by atoms with Gasteiger partial charge in [0.05, 0.1) is 18.6 Å². The number of aromatic nitrogens is 4. The predicted octanol–water partition coefficient (Wildman–Crippen LogP) is -0.167. The summed E-state index contributed by atoms with van der Waals surface area (Å²) in [6.45, 7) is 1.20. The number of rotatable bonds is 4. The zero-order valence-electron chi connectivity index (χ0n) is 12.4. The lowest BCUT2D eigenvalue weighted by Crippen LogP contribution is -2.42. The van der Waals surface area contributed by atoms with E-state index in [9.17, 15) is 14.4 Å². The monoisotopic (exact) mass is 319 g/mol. The lowest BCUT2D eigenvalue weighted by atomic mass is 9.98. The molecule has 23 heavy (non-hydrogen) atoms. The van der Waals surface area contributed by atoms with Crippen LogP contribution in [-0.4, -0.2) is 54.5 Å². The van der Waals surface area contributed by atoms with Gasteiger partial charge in [-0.2, -0.15) is 0 Å². The fourth-order valence-electron chi connectivity index (χ4n) is 2.83. The minimum Gasteiger partial charge on any atom is -0.481 e. The topological polar surface area (TPSA) is 121 Å². The quantitative estimate of drug-likeness (QED) is 0.807. The van der Waals surface area contributed by atoms with Gasteiger partial charge in [-0.05, 0) is 12.8 Å². The Morgan fingerprint density at radius 1 is 1.39 bits per heavy atom. The Kier molecular flexibility index (Phi) is 4.09. The molecule has 0 bridgehead atoms. The zero-order chi connectivity index (χ0) is 16.4. The fourth-order valence-corrected chi connectivity index (χ4v) is 2.83. The van der Waals surface area contributed by atoms with E-state index < -0.39 is 11.9 Å². The first kappa shape index (κ1) is 15.2. The van der Waals surface area contributed by atoms with Crippen molar-refractivity contribution in [2.24, 2.45) is 5.92 Å². The fraction of sp³-hybridized carbons (Fsp3) is 0.500. The third-order valence-corrected chi connectivity index (χ3v) is 4.10. The van der Waals surface area contributed by atoms with Gasteiger partial charge in [0.2, 0.25) is 5.91 Å². The number of hydrogen-bond donors (Lipinski definition) is 2. The zero-order valence-corrected chi connectivity index (χ0v) is 12.4. The molecule has 2 aromatic rings. The molecule has 0 saturated carbocycles. The lowest BCUT2D eigenvalue weighted by molar-refractivity contribution is -0.145. The number of likely N-dealkylation sites (tertiary alicyclic amines) is 1. The van der Waals surface area contributed by atoms with Gasteiger partial charge < -0.3 is 19.6 Å². The molecular formula is C14H17N5O4. The van der Waals surface area contributed by atoms with Crippen LogP contribution >= 0.6 is 0 Å². The number of piperidine rings is 1. The second-order valence-electron chi connectivity index (χ2n) is 5.61. The third kappa shape index (κ3) is 3.08. The molecule has 1 fully saturated rings. The van der Waals surface area contributed by atoms with Crippen LogP contribution in [0.15, 0.2) is 17.4 Å². The molecule has 1 amide bonds. The number of nitrogens with zero attached hydrogens (tertiary/aromatic N) is 4. The number of carbonyl (C=O) groups excluding carboxylic acids is 1. The van der Waals surface area contributed by atoms with Crippen molar-refractivity contribution in [3.05, 3.63) is 23.0 Å². The Morgan fingerprint density at radius 2 is 2.22 bits per heavy atom. The molecule has 0 aliphatic carbocycles. The van der Waals surface area contributed by atoms with E-state index in [-0.39, 0.29) is 29.9 Å². The summed E-state index contributed by atoms with van der Waals surface area (Å²) in [6, 6.07) is 0. The molecule has 2 aromatic heterocycles. The molecule has 1 aliphatic heterocycles. The van der Waals surface area contributed by atoms with Crippen molar-refractivity contribution in [3.63, 3.8) is 0 Å². The van der Waals surface area contributed by atoms with Crippen molar-refractivity contribution in [3.8, 4) is 0 Å². The smallest absolute Gasteiger partial charge is 0.308 e. The van der Waals surface area contributed by atoms with Crippen molar-refractivity contribution in [2.75, 3.05) is 13.1 Å². The first-order valence-corrected chi connectivity index (χ1v) is 7.45. The average Bonchev–Trinajstić information content (AvgIpc) is 2.97. The summed E-state index contributed by atoms with van der Waals surface area (Å²) in [5.41, 5.74) is 0.355. The molecule has 1 unspecified atom stereocenters. The highest BCUT2D eigenvalue weighted by Gasteiger charge is 2.27. The van der Waals surface area contributed by atoms with Gasteiger partial charge in [-0.1, -0.05) is 0 Å². The van der Waals surface area contributed by atoms with Crippen molar-refractivity contribution >= 4 is 23.0 Å². The Labute approximate surface area is 131 Å². The molecular weight excluding hydrogens is 302 g/mol. The number of carboxylic acids is 1. The number of hydrogen-bond acceptors (Lipinski definition) is 5. The largest absolute Gasteiger partial charge is 0.481 e. The summed E-state index contributed by atoms with van der Waals surface area (Å²) >= 11 is 0. The average molecular weight is 319 g/mol. The van der Waals surface area contributed by atoms with E-state index in [4.69, 9.17) is 5.11 Å². The second kappa shape index (κ2) is 6.19. The van der Waals surface area contributed by atoms with Gasteiger partial charge in [0.1, 0.15) is 0 Å². The van der Waals surface area contributed by atoms with Crippen LogP contribution in [0, 0.1) is 5.92 Å². The maximum atomic E-state index is 12.3. The van der Waals surface area contributed by atoms with E-state index >= 15 is 0 Å². The summed E-state index contributed by atoms with van der Waals surface area (Å²) in [6.07, 6.45) is 4.31. The lowest BCUT2D eigenvalue weighted by Gasteiger charge is -2.30. The number of amides is 1. The van der Waals surface area contributed by atoms with E-state index in [1.54, 1.807) is 9.47 Å². The van der Waals surface area contributed by atoms with Crippen LogP contribution in [0.2, 0.25) is 0 Å². The first-order valence-electron chi connectivity index (χ1n) is 7.45. The predicted molar refractivity (Wildman–Crippen MR) is 79.7 cm³/mol. The minimum absolute atomic E-state index is 0.0948. The number of nitrogens with one attached hydrogen (secondary N) is 1. The first-order chi connectivity index (χ1) is 11.1. The van der Waals surface area contributed by atoms with Crippen molar-refractivity contribution in [2.45, 2.75) is 25.8 Å². The van der Waals surface area contributed by atoms with Gasteiger partial charge in [-0.3, -0.25) is 14.4 Å². The van der Waals surface area contributed by atoms with Crippen LogP contribution in [0.3, 0.4) is 0 Å². The standard InChI is InChI=1S/C14H17N5O4/c20-10(18-4-1-2-9(6-18)14(22)23)3-5-19-8-17-11-12(19)15-7-16-13(11)21/h7-9H,1-6H2,(H,22,23)(H,15,16,21). The van der Waals surface area contributed by atoms with Gasteiger partial charge >= 0.3 is 5.97 Å². The summed E-state index contributed by atoms with van der Waals surface area (Å²) in [5, 5.41) is 9.07. The van der Waals surface area contributed by atoms with Gasteiger partial charge in [-0.15, -0.1) is 0 Å². The minimum atomic E-state index is -0.855. The Morgan fingerprint density at radius 3 is 3.00 bits per heavy atom. The number of carboxylic acid groups (broad SMARTS) is 1. The number of imidazole rings is 1. The highest BCUT2D eigenvalue weighted by molar-refractivity contribution is 5.78. The van der Waals surface area contributed by atoms with Gasteiger partial charge in [0.15, 0.2) is 11.2 Å². The summed E-state index contributed by atoms with van der Waals surface area (Å²) in [5.74, 6) is -1.43. The highest BCUT2D eigenvalue weighted by Crippen LogP contribution is 2.17. The molecule has 1 atom stereocenters. The molecule has 3 heterocycles. The molecule has 1 saturated heterocycles. The molecule has 0 spiro atoms. The van der Waals surface area contributed by atoms with E-state index in [0.717, 1.165) is 0 Å². The van der Waals surface area contributed by atoms with Crippen LogP contribution in [0.4, 0.5) is 0 Å². The molecule has 0 aromatic carbocycles. The van der Waals surface area contributed by atoms with E-state index in [0.29, 0.717) is 31.6 Å². The van der Waals surface area contributed by atoms with Crippen LogP contribution < -0.4 is 5.56 Å². The molecule has 0 radical (unpaired) electrons. The van der Waals surface area contributed by atoms with Crippen LogP contribution in [0.1, 0.15) is 19.3 Å². The van der Waals surface area contributed by atoms with E-state index in [1.165, 1.54) is 12.7 Å². The SMILES string of the molecule is O=C(O)C1CCCN(C(=O)CCn2cnc3c(=O)[nH]cnc32)C1. The molecule has 3 rings (SSSR count). The number of fused-ring (bicyclic) bond motifs is 1. The molecule has 1 aliphatic rings. The molecule has 9 heteroatoms. The maximum Gasteiger partial charge on any atom is 0.308 e. The van der Waals surface area contributed by atoms with Crippen molar-refractivity contribution in [1.82, 2.24) is 24.4 Å². The molecule has 122 valence electrons.